The molecule has 0 unspecified atom stereocenters. The maximum absolute atomic E-state index is 5.96. The van der Waals surface area contributed by atoms with E-state index in [4.69, 9.17) is 17.3 Å². The SMILES string of the molecule is Nc1ccc(SCc2ccc(Cl)cc2)c2cccnc12. The van der Waals surface area contributed by atoms with Crippen molar-refractivity contribution in [3.05, 3.63) is 65.3 Å². The van der Waals surface area contributed by atoms with E-state index in [-0.39, 0.29) is 0 Å². The van der Waals surface area contributed by atoms with Crippen molar-refractivity contribution < 1.29 is 0 Å². The monoisotopic (exact) mass is 300 g/mol. The second kappa shape index (κ2) is 5.73. The smallest absolute Gasteiger partial charge is 0.0942 e. The van der Waals surface area contributed by atoms with Crippen molar-refractivity contribution in [3.8, 4) is 0 Å². The van der Waals surface area contributed by atoms with Crippen molar-refractivity contribution in [3.63, 3.8) is 0 Å². The van der Waals surface area contributed by atoms with E-state index < -0.39 is 0 Å². The van der Waals surface area contributed by atoms with Crippen LogP contribution in [0.3, 0.4) is 0 Å². The minimum Gasteiger partial charge on any atom is -0.397 e. The number of halogens is 1. The van der Waals surface area contributed by atoms with Crippen LogP contribution in [0.2, 0.25) is 5.02 Å². The fraction of sp³-hybridized carbons (Fsp3) is 0.0625. The Kier molecular flexibility index (Phi) is 3.81. The third-order valence-corrected chi connectivity index (χ3v) is 4.47. The van der Waals surface area contributed by atoms with Gasteiger partial charge in [-0.1, -0.05) is 29.8 Å². The Labute approximate surface area is 127 Å². The Morgan fingerprint density at radius 1 is 1.05 bits per heavy atom. The van der Waals surface area contributed by atoms with Gasteiger partial charge in [0.2, 0.25) is 0 Å². The Balaban J connectivity index is 1.88. The largest absolute Gasteiger partial charge is 0.397 e. The highest BCUT2D eigenvalue weighted by atomic mass is 35.5. The normalized spacial score (nSPS) is 10.8. The zero-order valence-corrected chi connectivity index (χ0v) is 12.3. The van der Waals surface area contributed by atoms with Crippen molar-refractivity contribution in [2.45, 2.75) is 10.6 Å². The lowest BCUT2D eigenvalue weighted by Crippen LogP contribution is -1.90. The van der Waals surface area contributed by atoms with Crippen LogP contribution < -0.4 is 5.73 Å². The summed E-state index contributed by atoms with van der Waals surface area (Å²) in [5.41, 5.74) is 8.79. The molecule has 3 rings (SSSR count). The number of nitrogens with two attached hydrogens (primary N) is 1. The minimum atomic E-state index is 0.719. The zero-order chi connectivity index (χ0) is 13.9. The van der Waals surface area contributed by atoms with Crippen molar-refractivity contribution >= 4 is 40.0 Å². The number of nitrogen functional groups attached to an aromatic ring is 1. The average Bonchev–Trinajstić information content (AvgIpc) is 2.49. The van der Waals surface area contributed by atoms with Crippen LogP contribution in [-0.2, 0) is 5.75 Å². The topological polar surface area (TPSA) is 38.9 Å². The summed E-state index contributed by atoms with van der Waals surface area (Å²) in [6.45, 7) is 0. The van der Waals surface area contributed by atoms with Gasteiger partial charge in [-0.15, -0.1) is 11.8 Å². The molecular formula is C16H13ClN2S. The predicted molar refractivity (Wildman–Crippen MR) is 87.2 cm³/mol. The fourth-order valence-electron chi connectivity index (χ4n) is 2.04. The summed E-state index contributed by atoms with van der Waals surface area (Å²) in [4.78, 5) is 5.54. The molecule has 2 aromatic carbocycles. The highest BCUT2D eigenvalue weighted by Crippen LogP contribution is 2.32. The van der Waals surface area contributed by atoms with Gasteiger partial charge in [0.25, 0.3) is 0 Å². The van der Waals surface area contributed by atoms with E-state index in [1.54, 1.807) is 18.0 Å². The van der Waals surface area contributed by atoms with E-state index >= 15 is 0 Å². The maximum atomic E-state index is 5.96. The van der Waals surface area contributed by atoms with E-state index in [1.807, 2.05) is 36.4 Å². The zero-order valence-electron chi connectivity index (χ0n) is 10.7. The highest BCUT2D eigenvalue weighted by Gasteiger charge is 2.05. The Hall–Kier alpha value is -1.71. The first-order valence-corrected chi connectivity index (χ1v) is 7.61. The number of hydrogen-bond acceptors (Lipinski definition) is 3. The lowest BCUT2D eigenvalue weighted by Gasteiger charge is -2.08. The summed E-state index contributed by atoms with van der Waals surface area (Å²) < 4.78 is 0. The molecule has 1 aromatic heterocycles. The molecule has 4 heteroatoms. The Bertz CT molecular complexity index is 741. The molecule has 0 bridgehead atoms. The predicted octanol–water partition coefficient (Wildman–Crippen LogP) is 4.76. The van der Waals surface area contributed by atoms with Gasteiger partial charge < -0.3 is 5.73 Å². The quantitative estimate of drug-likeness (QED) is 0.560. The molecule has 0 saturated heterocycles. The Morgan fingerprint density at radius 3 is 2.65 bits per heavy atom. The van der Waals surface area contributed by atoms with Gasteiger partial charge in [-0.25, -0.2) is 0 Å². The molecule has 0 fully saturated rings. The van der Waals surface area contributed by atoms with Crippen LogP contribution in [-0.4, -0.2) is 4.98 Å². The first-order chi connectivity index (χ1) is 9.74. The number of nitrogens with zero attached hydrogens (tertiary/aromatic N) is 1. The van der Waals surface area contributed by atoms with Crippen LogP contribution in [0.25, 0.3) is 10.9 Å². The second-order valence-corrected chi connectivity index (χ2v) is 5.92. The summed E-state index contributed by atoms with van der Waals surface area (Å²) in [7, 11) is 0. The maximum Gasteiger partial charge on any atom is 0.0942 e. The molecule has 0 aliphatic rings. The minimum absolute atomic E-state index is 0.719. The molecule has 0 saturated carbocycles. The molecule has 1 heterocycles. The van der Waals surface area contributed by atoms with Crippen LogP contribution >= 0.6 is 23.4 Å². The molecule has 0 spiro atoms. The molecule has 2 nitrogen and oxygen atoms in total. The molecule has 0 radical (unpaired) electrons. The summed E-state index contributed by atoms with van der Waals surface area (Å²) in [6, 6.07) is 15.9. The molecule has 3 aromatic rings. The van der Waals surface area contributed by atoms with Crippen molar-refractivity contribution in [1.82, 2.24) is 4.98 Å². The van der Waals surface area contributed by atoms with Gasteiger partial charge in [0.05, 0.1) is 11.2 Å². The van der Waals surface area contributed by atoms with Gasteiger partial charge in [0.1, 0.15) is 0 Å². The third-order valence-electron chi connectivity index (χ3n) is 3.07. The standard InChI is InChI=1S/C16H13ClN2S/c17-12-5-3-11(4-6-12)10-20-15-8-7-14(18)16-13(15)2-1-9-19-16/h1-9H,10,18H2. The first kappa shape index (κ1) is 13.3. The van der Waals surface area contributed by atoms with Crippen molar-refractivity contribution in [2.75, 3.05) is 5.73 Å². The average molecular weight is 301 g/mol. The Morgan fingerprint density at radius 2 is 1.85 bits per heavy atom. The lowest BCUT2D eigenvalue weighted by atomic mass is 10.2. The molecular weight excluding hydrogens is 288 g/mol. The van der Waals surface area contributed by atoms with Gasteiger partial charge in [0, 0.05) is 27.3 Å². The number of rotatable bonds is 3. The second-order valence-electron chi connectivity index (χ2n) is 4.47. The number of hydrogen-bond donors (Lipinski definition) is 1. The molecule has 0 aliphatic heterocycles. The highest BCUT2D eigenvalue weighted by molar-refractivity contribution is 7.98. The summed E-state index contributed by atoms with van der Waals surface area (Å²) >= 11 is 7.67. The number of pyridine rings is 1. The van der Waals surface area contributed by atoms with Crippen LogP contribution in [0.15, 0.2) is 59.6 Å². The number of anilines is 1. The number of thioether (sulfide) groups is 1. The van der Waals surface area contributed by atoms with Crippen molar-refractivity contribution in [1.29, 1.82) is 0 Å². The van der Waals surface area contributed by atoms with E-state index in [0.29, 0.717) is 0 Å². The summed E-state index contributed by atoms with van der Waals surface area (Å²) in [5.74, 6) is 0.894. The first-order valence-electron chi connectivity index (χ1n) is 6.24. The van der Waals surface area contributed by atoms with E-state index in [0.717, 1.165) is 27.4 Å². The van der Waals surface area contributed by atoms with Crippen LogP contribution in [0.1, 0.15) is 5.56 Å². The van der Waals surface area contributed by atoms with Crippen LogP contribution in [0.5, 0.6) is 0 Å². The fourth-order valence-corrected chi connectivity index (χ4v) is 3.16. The number of aromatic nitrogens is 1. The van der Waals surface area contributed by atoms with Crippen molar-refractivity contribution in [2.24, 2.45) is 0 Å². The van der Waals surface area contributed by atoms with E-state index in [2.05, 4.69) is 17.1 Å². The van der Waals surface area contributed by atoms with Gasteiger partial charge in [0.15, 0.2) is 0 Å². The molecule has 2 N–H and O–H groups in total. The molecule has 100 valence electrons. The van der Waals surface area contributed by atoms with Gasteiger partial charge in [-0.2, -0.15) is 0 Å². The molecule has 0 aliphatic carbocycles. The molecule has 0 atom stereocenters. The van der Waals surface area contributed by atoms with Crippen LogP contribution in [0, 0.1) is 0 Å². The lowest BCUT2D eigenvalue weighted by molar-refractivity contribution is 1.37. The third kappa shape index (κ3) is 2.74. The number of benzene rings is 2. The summed E-state index contributed by atoms with van der Waals surface area (Å²) in [5, 5.41) is 1.87. The van der Waals surface area contributed by atoms with E-state index in [1.165, 1.54) is 10.5 Å². The van der Waals surface area contributed by atoms with Gasteiger partial charge in [-0.3, -0.25) is 4.98 Å². The van der Waals surface area contributed by atoms with Crippen LogP contribution in [0.4, 0.5) is 5.69 Å². The number of fused-ring (bicyclic) bond motifs is 1. The summed E-state index contributed by atoms with van der Waals surface area (Å²) in [6.07, 6.45) is 1.77. The molecule has 20 heavy (non-hydrogen) atoms. The van der Waals surface area contributed by atoms with Gasteiger partial charge in [-0.05, 0) is 35.9 Å². The van der Waals surface area contributed by atoms with Gasteiger partial charge >= 0.3 is 0 Å². The molecule has 0 amide bonds. The van der Waals surface area contributed by atoms with E-state index in [9.17, 15) is 0 Å².